The van der Waals surface area contributed by atoms with Crippen LogP contribution in [0.15, 0.2) is 24.3 Å². The van der Waals surface area contributed by atoms with E-state index < -0.39 is 0 Å². The van der Waals surface area contributed by atoms with Gasteiger partial charge in [0.1, 0.15) is 5.82 Å². The Morgan fingerprint density at radius 2 is 2.19 bits per heavy atom. The number of benzene rings is 1. The lowest BCUT2D eigenvalue weighted by Gasteiger charge is -2.47. The molecule has 2 N–H and O–H groups in total. The van der Waals surface area contributed by atoms with Crippen molar-refractivity contribution in [3.8, 4) is 0 Å². The SMILES string of the molecule is OC12CCCCC1CN(Cc1nc3ccccc3[nH]1)CC2. The number of imidazole rings is 1. The zero-order valence-corrected chi connectivity index (χ0v) is 12.4. The molecule has 1 aliphatic carbocycles. The normalized spacial score (nSPS) is 30.4. The van der Waals surface area contributed by atoms with E-state index in [1.54, 1.807) is 0 Å². The minimum atomic E-state index is -0.386. The van der Waals surface area contributed by atoms with Crippen molar-refractivity contribution < 1.29 is 5.11 Å². The molecule has 0 radical (unpaired) electrons. The number of piperidine rings is 1. The number of rotatable bonds is 2. The van der Waals surface area contributed by atoms with Gasteiger partial charge in [0.2, 0.25) is 0 Å². The Labute approximate surface area is 125 Å². The Morgan fingerprint density at radius 3 is 3.10 bits per heavy atom. The van der Waals surface area contributed by atoms with Crippen LogP contribution in [-0.2, 0) is 6.54 Å². The third kappa shape index (κ3) is 2.47. The number of H-pyrrole nitrogens is 1. The number of para-hydroxylation sites is 2. The highest BCUT2D eigenvalue weighted by atomic mass is 16.3. The molecule has 2 atom stereocenters. The van der Waals surface area contributed by atoms with Gasteiger partial charge in [0.05, 0.1) is 23.2 Å². The molecule has 1 saturated heterocycles. The van der Waals surface area contributed by atoms with Gasteiger partial charge < -0.3 is 10.1 Å². The van der Waals surface area contributed by atoms with E-state index in [9.17, 15) is 5.11 Å². The maximum absolute atomic E-state index is 10.7. The number of likely N-dealkylation sites (tertiary alicyclic amines) is 1. The maximum atomic E-state index is 10.7. The van der Waals surface area contributed by atoms with E-state index >= 15 is 0 Å². The van der Waals surface area contributed by atoms with Crippen molar-refractivity contribution >= 4 is 11.0 Å². The van der Waals surface area contributed by atoms with Crippen LogP contribution in [0, 0.1) is 5.92 Å². The molecule has 0 amide bonds. The molecule has 4 heteroatoms. The molecule has 2 aromatic rings. The van der Waals surface area contributed by atoms with Gasteiger partial charge in [-0.05, 0) is 31.4 Å². The van der Waals surface area contributed by atoms with E-state index in [1.165, 1.54) is 19.3 Å². The predicted octanol–water partition coefficient (Wildman–Crippen LogP) is 2.69. The predicted molar refractivity (Wildman–Crippen MR) is 82.9 cm³/mol. The Kier molecular flexibility index (Phi) is 3.23. The summed E-state index contributed by atoms with van der Waals surface area (Å²) in [7, 11) is 0. The standard InChI is InChI=1S/C17H23N3O/c21-17-8-4-3-5-13(17)11-20(10-9-17)12-16-18-14-6-1-2-7-15(14)19-16/h1-2,6-7,13,21H,3-5,8-12H2,(H,18,19). The molecule has 2 fully saturated rings. The highest BCUT2D eigenvalue weighted by molar-refractivity contribution is 5.74. The number of aliphatic hydroxyl groups is 1. The smallest absolute Gasteiger partial charge is 0.121 e. The summed E-state index contributed by atoms with van der Waals surface area (Å²) < 4.78 is 0. The van der Waals surface area contributed by atoms with Gasteiger partial charge in [0.15, 0.2) is 0 Å². The van der Waals surface area contributed by atoms with Crippen LogP contribution in [0.4, 0.5) is 0 Å². The number of fused-ring (bicyclic) bond motifs is 2. The van der Waals surface area contributed by atoms with Crippen molar-refractivity contribution in [1.29, 1.82) is 0 Å². The first-order valence-electron chi connectivity index (χ1n) is 8.11. The molecule has 2 unspecified atom stereocenters. The van der Waals surface area contributed by atoms with Gasteiger partial charge in [-0.3, -0.25) is 4.90 Å². The molecule has 1 aromatic heterocycles. The van der Waals surface area contributed by atoms with Crippen molar-refractivity contribution in [2.45, 2.75) is 44.2 Å². The number of nitrogens with zero attached hydrogens (tertiary/aromatic N) is 2. The van der Waals surface area contributed by atoms with Crippen LogP contribution in [0.1, 0.15) is 37.9 Å². The Balaban J connectivity index is 1.48. The van der Waals surface area contributed by atoms with Crippen molar-refractivity contribution in [1.82, 2.24) is 14.9 Å². The highest BCUT2D eigenvalue weighted by Gasteiger charge is 2.42. The lowest BCUT2D eigenvalue weighted by molar-refractivity contribution is -0.0970. The minimum Gasteiger partial charge on any atom is -0.390 e. The minimum absolute atomic E-state index is 0.386. The Hall–Kier alpha value is -1.39. The van der Waals surface area contributed by atoms with Crippen LogP contribution >= 0.6 is 0 Å². The molecule has 1 aliphatic heterocycles. The quantitative estimate of drug-likeness (QED) is 0.892. The molecule has 112 valence electrons. The van der Waals surface area contributed by atoms with E-state index in [2.05, 4.69) is 20.9 Å². The van der Waals surface area contributed by atoms with Gasteiger partial charge in [0.25, 0.3) is 0 Å². The fraction of sp³-hybridized carbons (Fsp3) is 0.588. The molecule has 1 saturated carbocycles. The van der Waals surface area contributed by atoms with Crippen LogP contribution in [0.2, 0.25) is 0 Å². The van der Waals surface area contributed by atoms with E-state index in [1.807, 2.05) is 18.2 Å². The summed E-state index contributed by atoms with van der Waals surface area (Å²) in [5.74, 6) is 1.49. The first kappa shape index (κ1) is 13.3. The molecule has 21 heavy (non-hydrogen) atoms. The molecule has 2 aliphatic rings. The van der Waals surface area contributed by atoms with Crippen LogP contribution in [0.25, 0.3) is 11.0 Å². The van der Waals surface area contributed by atoms with E-state index in [-0.39, 0.29) is 5.60 Å². The number of nitrogens with one attached hydrogen (secondary N) is 1. The van der Waals surface area contributed by atoms with Gasteiger partial charge in [-0.25, -0.2) is 4.98 Å². The average Bonchev–Trinajstić information content (AvgIpc) is 2.89. The van der Waals surface area contributed by atoms with Gasteiger partial charge in [0, 0.05) is 19.0 Å². The van der Waals surface area contributed by atoms with E-state index in [0.717, 1.165) is 49.3 Å². The van der Waals surface area contributed by atoms with Crippen LogP contribution in [0.3, 0.4) is 0 Å². The maximum Gasteiger partial charge on any atom is 0.121 e. The average molecular weight is 285 g/mol. The molecule has 1 aromatic carbocycles. The number of hydrogen-bond acceptors (Lipinski definition) is 3. The van der Waals surface area contributed by atoms with Gasteiger partial charge in [-0.1, -0.05) is 25.0 Å². The Bertz CT molecular complexity index is 605. The van der Waals surface area contributed by atoms with Crippen LogP contribution in [-0.4, -0.2) is 38.7 Å². The topological polar surface area (TPSA) is 52.1 Å². The van der Waals surface area contributed by atoms with Crippen LogP contribution in [0.5, 0.6) is 0 Å². The fourth-order valence-corrected chi connectivity index (χ4v) is 4.08. The summed E-state index contributed by atoms with van der Waals surface area (Å²) in [5, 5.41) is 10.7. The molecular weight excluding hydrogens is 262 g/mol. The zero-order valence-electron chi connectivity index (χ0n) is 12.4. The Morgan fingerprint density at radius 1 is 1.29 bits per heavy atom. The summed E-state index contributed by atoms with van der Waals surface area (Å²) >= 11 is 0. The third-order valence-electron chi connectivity index (χ3n) is 5.32. The van der Waals surface area contributed by atoms with E-state index in [4.69, 9.17) is 0 Å². The summed E-state index contributed by atoms with van der Waals surface area (Å²) in [6.45, 7) is 2.85. The summed E-state index contributed by atoms with van der Waals surface area (Å²) in [6.07, 6.45) is 5.54. The molecule has 4 rings (SSSR count). The zero-order chi connectivity index (χ0) is 14.3. The second-order valence-corrected chi connectivity index (χ2v) is 6.73. The van der Waals surface area contributed by atoms with Crippen LogP contribution < -0.4 is 0 Å². The molecular formula is C17H23N3O. The second kappa shape index (κ2) is 5.11. The van der Waals surface area contributed by atoms with Crippen molar-refractivity contribution in [2.75, 3.05) is 13.1 Å². The summed E-state index contributed by atoms with van der Waals surface area (Å²) in [5.41, 5.74) is 1.76. The highest BCUT2D eigenvalue weighted by Crippen LogP contribution is 2.39. The molecule has 4 nitrogen and oxygen atoms in total. The number of hydrogen-bond donors (Lipinski definition) is 2. The monoisotopic (exact) mass is 285 g/mol. The van der Waals surface area contributed by atoms with Gasteiger partial charge >= 0.3 is 0 Å². The summed E-state index contributed by atoms with van der Waals surface area (Å²) in [4.78, 5) is 10.5. The van der Waals surface area contributed by atoms with Gasteiger partial charge in [-0.2, -0.15) is 0 Å². The first-order chi connectivity index (χ1) is 10.2. The van der Waals surface area contributed by atoms with Crippen molar-refractivity contribution in [3.63, 3.8) is 0 Å². The molecule has 2 heterocycles. The van der Waals surface area contributed by atoms with E-state index in [0.29, 0.717) is 5.92 Å². The lowest BCUT2D eigenvalue weighted by Crippen LogP contribution is -2.53. The third-order valence-corrected chi connectivity index (χ3v) is 5.32. The summed E-state index contributed by atoms with van der Waals surface area (Å²) in [6, 6.07) is 8.18. The first-order valence-corrected chi connectivity index (χ1v) is 8.11. The molecule has 0 bridgehead atoms. The molecule has 0 spiro atoms. The lowest BCUT2D eigenvalue weighted by atomic mass is 9.71. The van der Waals surface area contributed by atoms with Crippen molar-refractivity contribution in [3.05, 3.63) is 30.1 Å². The van der Waals surface area contributed by atoms with Crippen molar-refractivity contribution in [2.24, 2.45) is 5.92 Å². The second-order valence-electron chi connectivity index (χ2n) is 6.73. The largest absolute Gasteiger partial charge is 0.390 e. The number of aromatic nitrogens is 2. The van der Waals surface area contributed by atoms with Gasteiger partial charge in [-0.15, -0.1) is 0 Å². The fourth-order valence-electron chi connectivity index (χ4n) is 4.08. The number of aromatic amines is 1.